The van der Waals surface area contributed by atoms with Crippen molar-refractivity contribution in [3.8, 4) is 6.07 Å². The second-order valence-electron chi connectivity index (χ2n) is 4.18. The lowest BCUT2D eigenvalue weighted by Crippen LogP contribution is -1.78. The average molecular weight is 231 g/mol. The van der Waals surface area contributed by atoms with E-state index in [-0.39, 0.29) is 0 Å². The van der Waals surface area contributed by atoms with Gasteiger partial charge in [-0.15, -0.1) is 0 Å². The van der Waals surface area contributed by atoms with Gasteiger partial charge in [0.05, 0.1) is 6.07 Å². The van der Waals surface area contributed by atoms with Crippen LogP contribution in [0.4, 0.5) is 0 Å². The maximum Gasteiger partial charge on any atom is 0.0621 e. The summed E-state index contributed by atoms with van der Waals surface area (Å²) in [6, 6.07) is 14.2. The largest absolute Gasteiger partial charge is 0.198 e. The first-order chi connectivity index (χ1) is 8.41. The molecule has 17 heavy (non-hydrogen) atoms. The third-order valence-corrected chi connectivity index (χ3v) is 2.56. The van der Waals surface area contributed by atoms with Crippen LogP contribution in [0.25, 0.3) is 0 Å². The average Bonchev–Trinajstić information content (AvgIpc) is 2.41. The van der Waals surface area contributed by atoms with Crippen molar-refractivity contribution in [2.24, 2.45) is 0 Å². The normalized spacial score (nSPS) is 8.94. The molecule has 94 valence electrons. The zero-order valence-corrected chi connectivity index (χ0v) is 11.1. The molecule has 0 bridgehead atoms. The summed E-state index contributed by atoms with van der Waals surface area (Å²) in [5.74, 6) is 0. The molecule has 1 aromatic rings. The maximum atomic E-state index is 8.26. The topological polar surface area (TPSA) is 23.8 Å². The van der Waals surface area contributed by atoms with E-state index in [0.29, 0.717) is 0 Å². The second-order valence-corrected chi connectivity index (χ2v) is 4.18. The molecule has 1 heteroatoms. The maximum absolute atomic E-state index is 8.26. The number of nitrogens with zero attached hydrogens (tertiary/aromatic N) is 1. The van der Waals surface area contributed by atoms with E-state index in [1.54, 1.807) is 0 Å². The number of hydrogen-bond acceptors (Lipinski definition) is 1. The number of hydrogen-bond donors (Lipinski definition) is 0. The third kappa shape index (κ3) is 14.7. The summed E-state index contributed by atoms with van der Waals surface area (Å²) >= 11 is 0. The Kier molecular flexibility index (Phi) is 13.6. The number of unbranched alkanes of at least 4 members (excludes halogenated alkanes) is 7. The highest BCUT2D eigenvalue weighted by molar-refractivity contribution is 4.99. The highest BCUT2D eigenvalue weighted by atomic mass is 14.2. The molecular formula is C16H25N. The highest BCUT2D eigenvalue weighted by Crippen LogP contribution is 2.07. The van der Waals surface area contributed by atoms with E-state index in [9.17, 15) is 0 Å². The zero-order valence-electron chi connectivity index (χ0n) is 11.1. The van der Waals surface area contributed by atoms with Crippen molar-refractivity contribution in [3.63, 3.8) is 0 Å². The van der Waals surface area contributed by atoms with Crippen LogP contribution in [-0.2, 0) is 0 Å². The molecule has 0 aliphatic carbocycles. The van der Waals surface area contributed by atoms with Gasteiger partial charge in [0.2, 0.25) is 0 Å². The second kappa shape index (κ2) is 14.7. The highest BCUT2D eigenvalue weighted by Gasteiger charge is 1.89. The Labute approximate surface area is 106 Å². The molecule has 0 atom stereocenters. The number of rotatable bonds is 7. The van der Waals surface area contributed by atoms with Crippen molar-refractivity contribution < 1.29 is 0 Å². The predicted octanol–water partition coefficient (Wildman–Crippen LogP) is 5.34. The Balaban J connectivity index is 0.000000354. The molecule has 0 saturated carbocycles. The van der Waals surface area contributed by atoms with Gasteiger partial charge in [-0.25, -0.2) is 0 Å². The molecule has 1 rings (SSSR count). The van der Waals surface area contributed by atoms with Crippen LogP contribution in [0.1, 0.15) is 58.3 Å². The SMILES string of the molecule is CCCCCCCCCC#N.c1ccccc1. The minimum atomic E-state index is 0.744. The molecule has 0 aliphatic rings. The molecule has 0 spiro atoms. The molecule has 1 aromatic carbocycles. The summed E-state index contributed by atoms with van der Waals surface area (Å²) in [5, 5.41) is 8.26. The van der Waals surface area contributed by atoms with Crippen LogP contribution in [-0.4, -0.2) is 0 Å². The summed E-state index contributed by atoms with van der Waals surface area (Å²) in [6.07, 6.45) is 9.84. The van der Waals surface area contributed by atoms with E-state index in [1.807, 2.05) is 36.4 Å². The van der Waals surface area contributed by atoms with E-state index in [0.717, 1.165) is 12.8 Å². The van der Waals surface area contributed by atoms with E-state index in [1.165, 1.54) is 38.5 Å². The van der Waals surface area contributed by atoms with Crippen molar-refractivity contribution in [1.29, 1.82) is 5.26 Å². The van der Waals surface area contributed by atoms with Gasteiger partial charge in [-0.1, -0.05) is 81.8 Å². The van der Waals surface area contributed by atoms with Crippen molar-refractivity contribution in [3.05, 3.63) is 36.4 Å². The summed E-state index contributed by atoms with van der Waals surface area (Å²) in [5.41, 5.74) is 0. The number of benzene rings is 1. The van der Waals surface area contributed by atoms with Gasteiger partial charge in [-0.2, -0.15) is 5.26 Å². The standard InChI is InChI=1S/C10H19N.C6H6/c1-2-3-4-5-6-7-8-9-10-11;1-2-4-6-5-3-1/h2-9H2,1H3;1-6H. The van der Waals surface area contributed by atoms with Gasteiger partial charge in [-0.05, 0) is 6.42 Å². The summed E-state index contributed by atoms with van der Waals surface area (Å²) in [7, 11) is 0. The van der Waals surface area contributed by atoms with Crippen LogP contribution < -0.4 is 0 Å². The summed E-state index contributed by atoms with van der Waals surface area (Å²) < 4.78 is 0. The smallest absolute Gasteiger partial charge is 0.0621 e. The lowest BCUT2D eigenvalue weighted by atomic mass is 10.1. The molecule has 0 heterocycles. The van der Waals surface area contributed by atoms with Crippen molar-refractivity contribution in [2.75, 3.05) is 0 Å². The first-order valence-corrected chi connectivity index (χ1v) is 6.78. The third-order valence-electron chi connectivity index (χ3n) is 2.56. The monoisotopic (exact) mass is 231 g/mol. The van der Waals surface area contributed by atoms with Gasteiger partial charge < -0.3 is 0 Å². The van der Waals surface area contributed by atoms with E-state index >= 15 is 0 Å². The van der Waals surface area contributed by atoms with Gasteiger partial charge >= 0.3 is 0 Å². The van der Waals surface area contributed by atoms with Crippen LogP contribution in [0.5, 0.6) is 0 Å². The van der Waals surface area contributed by atoms with Gasteiger partial charge in [-0.3, -0.25) is 0 Å². The molecule has 0 saturated heterocycles. The minimum Gasteiger partial charge on any atom is -0.198 e. The molecule has 0 N–H and O–H groups in total. The first-order valence-electron chi connectivity index (χ1n) is 6.78. The van der Waals surface area contributed by atoms with Gasteiger partial charge in [0.25, 0.3) is 0 Å². The van der Waals surface area contributed by atoms with Crippen LogP contribution >= 0.6 is 0 Å². The van der Waals surface area contributed by atoms with E-state index in [2.05, 4.69) is 13.0 Å². The van der Waals surface area contributed by atoms with Crippen molar-refractivity contribution in [1.82, 2.24) is 0 Å². The minimum absolute atomic E-state index is 0.744. The molecule has 0 aromatic heterocycles. The molecule has 0 aliphatic heterocycles. The fourth-order valence-corrected chi connectivity index (χ4v) is 1.55. The Bertz CT molecular complexity index is 234. The summed E-state index contributed by atoms with van der Waals surface area (Å²) in [4.78, 5) is 0. The molecule has 0 radical (unpaired) electrons. The first kappa shape index (κ1) is 15.7. The van der Waals surface area contributed by atoms with Crippen molar-refractivity contribution >= 4 is 0 Å². The Morgan fingerprint density at radius 3 is 1.53 bits per heavy atom. The lowest BCUT2D eigenvalue weighted by Gasteiger charge is -1.97. The van der Waals surface area contributed by atoms with Crippen molar-refractivity contribution in [2.45, 2.75) is 58.3 Å². The van der Waals surface area contributed by atoms with Crippen LogP contribution in [0.2, 0.25) is 0 Å². The summed E-state index contributed by atoms with van der Waals surface area (Å²) in [6.45, 7) is 2.23. The molecular weight excluding hydrogens is 206 g/mol. The van der Waals surface area contributed by atoms with E-state index < -0.39 is 0 Å². The fraction of sp³-hybridized carbons (Fsp3) is 0.562. The Morgan fingerprint density at radius 2 is 1.12 bits per heavy atom. The predicted molar refractivity (Wildman–Crippen MR) is 74.7 cm³/mol. The number of nitriles is 1. The van der Waals surface area contributed by atoms with Crippen LogP contribution in [0, 0.1) is 11.3 Å². The van der Waals surface area contributed by atoms with Crippen LogP contribution in [0.3, 0.4) is 0 Å². The molecule has 0 amide bonds. The zero-order chi connectivity index (χ0) is 12.6. The molecule has 0 unspecified atom stereocenters. The fourth-order valence-electron chi connectivity index (χ4n) is 1.55. The van der Waals surface area contributed by atoms with Gasteiger partial charge in [0.1, 0.15) is 0 Å². The van der Waals surface area contributed by atoms with Gasteiger partial charge in [0.15, 0.2) is 0 Å². The van der Waals surface area contributed by atoms with Crippen LogP contribution in [0.15, 0.2) is 36.4 Å². The quantitative estimate of drug-likeness (QED) is 0.581. The van der Waals surface area contributed by atoms with E-state index in [4.69, 9.17) is 5.26 Å². The molecule has 0 fully saturated rings. The lowest BCUT2D eigenvalue weighted by molar-refractivity contribution is 0.593. The molecule has 1 nitrogen and oxygen atoms in total. The van der Waals surface area contributed by atoms with Gasteiger partial charge in [0, 0.05) is 6.42 Å². The Hall–Kier alpha value is -1.29. The Morgan fingerprint density at radius 1 is 0.706 bits per heavy atom.